The van der Waals surface area contributed by atoms with Gasteiger partial charge in [0.1, 0.15) is 8.07 Å². The van der Waals surface area contributed by atoms with Crippen LogP contribution in [0.4, 0.5) is 0 Å². The van der Waals surface area contributed by atoms with Crippen LogP contribution in [0.5, 0.6) is 0 Å². The minimum Gasteiger partial charge on any atom is -0.0904 e. The highest BCUT2D eigenvalue weighted by molar-refractivity contribution is 7.04. The molecule has 1 heterocycles. The highest BCUT2D eigenvalue weighted by atomic mass is 28.3. The number of rotatable bonds is 1. The maximum Gasteiger partial charge on any atom is 0.104 e. The third-order valence-electron chi connectivity index (χ3n) is 3.22. The van der Waals surface area contributed by atoms with Crippen molar-refractivity contribution in [1.82, 2.24) is 0 Å². The van der Waals surface area contributed by atoms with Gasteiger partial charge in [0.25, 0.3) is 0 Å². The van der Waals surface area contributed by atoms with E-state index in [1.165, 1.54) is 0 Å². The smallest absolute Gasteiger partial charge is 0.0904 e. The molecule has 0 fully saturated rings. The first-order valence-corrected chi connectivity index (χ1v) is 12.2. The fraction of sp³-hybridized carbons (Fsp3) is 0.385. The van der Waals surface area contributed by atoms with Crippen molar-refractivity contribution in [2.45, 2.75) is 32.7 Å². The molecule has 0 amide bonds. The van der Waals surface area contributed by atoms with Crippen LogP contribution in [0.2, 0.25) is 32.7 Å². The summed E-state index contributed by atoms with van der Waals surface area (Å²) in [5.74, 6) is 0. The van der Waals surface area contributed by atoms with Gasteiger partial charge in [-0.2, -0.15) is 0 Å². The Balaban J connectivity index is 2.64. The van der Waals surface area contributed by atoms with Crippen molar-refractivity contribution in [3.05, 3.63) is 35.5 Å². The highest BCUT2D eigenvalue weighted by Gasteiger charge is 2.35. The molecular formula is C13H20Si2. The van der Waals surface area contributed by atoms with Crippen LogP contribution in [0.1, 0.15) is 5.56 Å². The lowest BCUT2D eigenvalue weighted by Crippen LogP contribution is -2.37. The molecule has 0 N–H and O–H groups in total. The standard InChI is InChI=1S/C13H20Si2/c1-14(2,3)13-10-15(4,5)12-9-7-6-8-11(12)13/h6-10H,1-5H3. The summed E-state index contributed by atoms with van der Waals surface area (Å²) in [6, 6.07) is 9.03. The molecule has 15 heavy (non-hydrogen) atoms. The lowest BCUT2D eigenvalue weighted by atomic mass is 10.2. The molecule has 2 rings (SSSR count). The van der Waals surface area contributed by atoms with Crippen LogP contribution in [0.15, 0.2) is 30.0 Å². The van der Waals surface area contributed by atoms with Crippen molar-refractivity contribution in [2.24, 2.45) is 0 Å². The molecule has 1 aromatic carbocycles. The molecule has 0 atom stereocenters. The Hall–Kier alpha value is -0.606. The zero-order valence-corrected chi connectivity index (χ0v) is 12.4. The second-order valence-electron chi connectivity index (χ2n) is 6.08. The number of fused-ring (bicyclic) bond motifs is 1. The highest BCUT2D eigenvalue weighted by Crippen LogP contribution is 2.33. The molecule has 0 aromatic heterocycles. The van der Waals surface area contributed by atoms with Gasteiger partial charge in [0, 0.05) is 0 Å². The van der Waals surface area contributed by atoms with Crippen molar-refractivity contribution in [3.8, 4) is 0 Å². The van der Waals surface area contributed by atoms with E-state index >= 15 is 0 Å². The lowest BCUT2D eigenvalue weighted by molar-refractivity contribution is 1.67. The summed E-state index contributed by atoms with van der Waals surface area (Å²) in [4.78, 5) is 0. The molecule has 80 valence electrons. The van der Waals surface area contributed by atoms with Gasteiger partial charge in [-0.25, -0.2) is 0 Å². The van der Waals surface area contributed by atoms with Gasteiger partial charge in [-0.15, -0.1) is 0 Å². The fourth-order valence-corrected chi connectivity index (χ4v) is 8.85. The van der Waals surface area contributed by atoms with Crippen molar-refractivity contribution in [2.75, 3.05) is 0 Å². The minimum atomic E-state index is -1.26. The Bertz CT molecular complexity index is 422. The second kappa shape index (κ2) is 3.19. The molecule has 1 aromatic rings. The largest absolute Gasteiger partial charge is 0.104 e. The average Bonchev–Trinajstić information content (AvgIpc) is 2.39. The van der Waals surface area contributed by atoms with Crippen LogP contribution in [0, 0.1) is 0 Å². The van der Waals surface area contributed by atoms with E-state index in [0.29, 0.717) is 0 Å². The summed E-state index contributed by atoms with van der Waals surface area (Å²) in [6.07, 6.45) is 0. The molecule has 1 aliphatic heterocycles. The Morgan fingerprint density at radius 2 is 1.60 bits per heavy atom. The van der Waals surface area contributed by atoms with E-state index in [2.05, 4.69) is 62.7 Å². The van der Waals surface area contributed by atoms with Crippen LogP contribution in [-0.2, 0) is 0 Å². The van der Waals surface area contributed by atoms with Gasteiger partial charge in [-0.1, -0.05) is 67.9 Å². The SMILES string of the molecule is C[Si](C)(C)C1=C[Si](C)(C)c2ccccc21. The molecule has 0 spiro atoms. The summed E-state index contributed by atoms with van der Waals surface area (Å²) in [7, 11) is -2.43. The molecular weight excluding hydrogens is 212 g/mol. The normalized spacial score (nSPS) is 18.6. The van der Waals surface area contributed by atoms with Gasteiger partial charge in [0.15, 0.2) is 0 Å². The monoisotopic (exact) mass is 232 g/mol. The zero-order valence-electron chi connectivity index (χ0n) is 10.4. The first-order valence-electron chi connectivity index (χ1n) is 5.65. The molecule has 0 nitrogen and oxygen atoms in total. The molecule has 0 aliphatic carbocycles. The molecule has 0 radical (unpaired) electrons. The number of hydrogen-bond donors (Lipinski definition) is 0. The Kier molecular flexibility index (Phi) is 2.32. The summed E-state index contributed by atoms with van der Waals surface area (Å²) >= 11 is 0. The van der Waals surface area contributed by atoms with Crippen molar-refractivity contribution in [3.63, 3.8) is 0 Å². The summed E-state index contributed by atoms with van der Waals surface area (Å²) in [5, 5.41) is 3.33. The van der Waals surface area contributed by atoms with E-state index in [0.717, 1.165) is 0 Å². The van der Waals surface area contributed by atoms with Crippen LogP contribution < -0.4 is 5.19 Å². The van der Waals surface area contributed by atoms with E-state index in [4.69, 9.17) is 0 Å². The minimum absolute atomic E-state index is 1.17. The summed E-state index contributed by atoms with van der Waals surface area (Å²) in [6.45, 7) is 12.3. The molecule has 1 aliphatic rings. The number of hydrogen-bond acceptors (Lipinski definition) is 0. The van der Waals surface area contributed by atoms with Gasteiger partial charge < -0.3 is 0 Å². The van der Waals surface area contributed by atoms with Crippen molar-refractivity contribution >= 4 is 26.5 Å². The average molecular weight is 232 g/mol. The van der Waals surface area contributed by atoms with Gasteiger partial charge >= 0.3 is 0 Å². The van der Waals surface area contributed by atoms with Crippen LogP contribution in [0.25, 0.3) is 5.20 Å². The van der Waals surface area contributed by atoms with E-state index in [-0.39, 0.29) is 0 Å². The Morgan fingerprint density at radius 3 is 2.20 bits per heavy atom. The maximum absolute atomic E-state index is 2.63. The van der Waals surface area contributed by atoms with E-state index in [9.17, 15) is 0 Å². The second-order valence-corrected chi connectivity index (χ2v) is 15.4. The quantitative estimate of drug-likeness (QED) is 0.651. The first-order chi connectivity index (χ1) is 6.82. The van der Waals surface area contributed by atoms with Gasteiger partial charge in [-0.05, 0) is 10.8 Å². The summed E-state index contributed by atoms with van der Waals surface area (Å²) in [5.41, 5.74) is 4.19. The maximum atomic E-state index is 2.63. The predicted octanol–water partition coefficient (Wildman–Crippen LogP) is 3.42. The number of benzene rings is 1. The predicted molar refractivity (Wildman–Crippen MR) is 74.9 cm³/mol. The fourth-order valence-electron chi connectivity index (χ4n) is 2.42. The molecule has 0 saturated carbocycles. The molecule has 0 unspecified atom stereocenters. The Morgan fingerprint density at radius 1 is 1.00 bits per heavy atom. The third kappa shape index (κ3) is 1.76. The molecule has 0 bridgehead atoms. The zero-order chi connectivity index (χ0) is 11.3. The van der Waals surface area contributed by atoms with Crippen LogP contribution >= 0.6 is 0 Å². The first kappa shape index (κ1) is 10.9. The topological polar surface area (TPSA) is 0 Å². The van der Waals surface area contributed by atoms with E-state index in [1.807, 2.05) is 0 Å². The van der Waals surface area contributed by atoms with Crippen molar-refractivity contribution in [1.29, 1.82) is 0 Å². The lowest BCUT2D eigenvalue weighted by Gasteiger charge is -2.19. The van der Waals surface area contributed by atoms with Gasteiger partial charge in [-0.3, -0.25) is 0 Å². The van der Waals surface area contributed by atoms with Gasteiger partial charge in [0.2, 0.25) is 0 Å². The Labute approximate surface area is 95.1 Å². The summed E-state index contributed by atoms with van der Waals surface area (Å²) < 4.78 is 0. The third-order valence-corrected chi connectivity index (χ3v) is 8.38. The molecule has 0 saturated heterocycles. The molecule has 2 heteroatoms. The van der Waals surface area contributed by atoms with Crippen LogP contribution in [-0.4, -0.2) is 16.1 Å². The van der Waals surface area contributed by atoms with Gasteiger partial charge in [0.05, 0.1) is 8.07 Å². The van der Waals surface area contributed by atoms with E-state index in [1.54, 1.807) is 15.9 Å². The van der Waals surface area contributed by atoms with Crippen molar-refractivity contribution < 1.29 is 0 Å². The van der Waals surface area contributed by atoms with Crippen LogP contribution in [0.3, 0.4) is 0 Å². The van der Waals surface area contributed by atoms with E-state index < -0.39 is 16.1 Å².